The summed E-state index contributed by atoms with van der Waals surface area (Å²) in [7, 11) is 1.79. The minimum absolute atomic E-state index is 0.273. The first-order chi connectivity index (χ1) is 11.9. The standard InChI is InChI=1S/C17H14F3N3OS/c1-23-16(25-11-15(22-23)12-5-3-2-4-6-12)21-13-7-9-14(10-8-13)24-17(18,19)20/h2-10H,11H2,1H3. The normalized spacial score (nSPS) is 16.7. The quantitative estimate of drug-likeness (QED) is 0.794. The second-order valence-electron chi connectivity index (χ2n) is 5.16. The summed E-state index contributed by atoms with van der Waals surface area (Å²) >= 11 is 1.52. The Kier molecular flexibility index (Phi) is 4.98. The lowest BCUT2D eigenvalue weighted by Gasteiger charge is -2.22. The molecule has 0 fully saturated rings. The zero-order valence-electron chi connectivity index (χ0n) is 13.2. The van der Waals surface area contributed by atoms with Crippen LogP contribution >= 0.6 is 11.8 Å². The van der Waals surface area contributed by atoms with E-state index in [9.17, 15) is 13.2 Å². The number of nitrogens with zero attached hydrogens (tertiary/aromatic N) is 3. The van der Waals surface area contributed by atoms with Crippen molar-refractivity contribution in [3.63, 3.8) is 0 Å². The van der Waals surface area contributed by atoms with Gasteiger partial charge in [-0.3, -0.25) is 0 Å². The molecule has 4 nitrogen and oxygen atoms in total. The molecule has 0 radical (unpaired) electrons. The van der Waals surface area contributed by atoms with Crippen LogP contribution in [-0.4, -0.2) is 35.1 Å². The summed E-state index contributed by atoms with van der Waals surface area (Å²) < 4.78 is 40.3. The molecular formula is C17H14F3N3OS. The van der Waals surface area contributed by atoms with Crippen LogP contribution in [0, 0.1) is 0 Å². The zero-order valence-corrected chi connectivity index (χ0v) is 14.0. The number of thioether (sulfide) groups is 1. The van der Waals surface area contributed by atoms with Gasteiger partial charge in [0.05, 0.1) is 11.4 Å². The summed E-state index contributed by atoms with van der Waals surface area (Å²) in [6.07, 6.45) is -4.70. The van der Waals surface area contributed by atoms with E-state index in [0.717, 1.165) is 11.3 Å². The summed E-state index contributed by atoms with van der Waals surface area (Å²) in [5.74, 6) is 0.396. The molecule has 0 N–H and O–H groups in total. The highest BCUT2D eigenvalue weighted by atomic mass is 32.2. The molecule has 130 valence electrons. The van der Waals surface area contributed by atoms with Crippen LogP contribution in [0.5, 0.6) is 5.75 Å². The third-order valence-corrected chi connectivity index (χ3v) is 4.32. The molecule has 0 spiro atoms. The monoisotopic (exact) mass is 365 g/mol. The third-order valence-electron chi connectivity index (χ3n) is 3.29. The fraction of sp³-hybridized carbons (Fsp3) is 0.176. The molecule has 8 heteroatoms. The van der Waals surface area contributed by atoms with Gasteiger partial charge < -0.3 is 4.74 Å². The van der Waals surface area contributed by atoms with Crippen molar-refractivity contribution in [1.29, 1.82) is 0 Å². The van der Waals surface area contributed by atoms with E-state index in [4.69, 9.17) is 0 Å². The van der Waals surface area contributed by atoms with Crippen molar-refractivity contribution in [3.8, 4) is 5.75 Å². The van der Waals surface area contributed by atoms with Gasteiger partial charge in [0, 0.05) is 12.8 Å². The molecular weight excluding hydrogens is 351 g/mol. The van der Waals surface area contributed by atoms with Crippen molar-refractivity contribution in [2.45, 2.75) is 6.36 Å². The molecule has 0 amide bonds. The van der Waals surface area contributed by atoms with Crippen molar-refractivity contribution in [2.75, 3.05) is 12.8 Å². The molecule has 0 bridgehead atoms. The molecule has 0 saturated carbocycles. The largest absolute Gasteiger partial charge is 0.573 e. The van der Waals surface area contributed by atoms with Gasteiger partial charge >= 0.3 is 6.36 Å². The van der Waals surface area contributed by atoms with Crippen LogP contribution in [0.1, 0.15) is 5.56 Å². The number of amidine groups is 1. The van der Waals surface area contributed by atoms with Gasteiger partial charge in [-0.25, -0.2) is 10.0 Å². The second kappa shape index (κ2) is 7.18. The summed E-state index contributed by atoms with van der Waals surface area (Å²) in [4.78, 5) is 4.43. The maximum atomic E-state index is 12.2. The average Bonchev–Trinajstić information content (AvgIpc) is 2.58. The first-order valence-electron chi connectivity index (χ1n) is 7.35. The molecule has 0 unspecified atom stereocenters. The van der Waals surface area contributed by atoms with Crippen LogP contribution in [0.15, 0.2) is 64.7 Å². The maximum absolute atomic E-state index is 12.2. The van der Waals surface area contributed by atoms with Crippen molar-refractivity contribution < 1.29 is 17.9 Å². The zero-order chi connectivity index (χ0) is 17.9. The van der Waals surface area contributed by atoms with Gasteiger partial charge in [0.1, 0.15) is 5.75 Å². The molecule has 0 aliphatic carbocycles. The molecule has 25 heavy (non-hydrogen) atoms. The van der Waals surface area contributed by atoms with Crippen LogP contribution in [0.2, 0.25) is 0 Å². The van der Waals surface area contributed by atoms with Gasteiger partial charge in [-0.1, -0.05) is 42.1 Å². The Labute approximate surface area is 147 Å². The van der Waals surface area contributed by atoms with Gasteiger partial charge in [-0.15, -0.1) is 13.2 Å². The van der Waals surface area contributed by atoms with Crippen molar-refractivity contribution in [3.05, 3.63) is 60.2 Å². The molecule has 2 aromatic carbocycles. The van der Waals surface area contributed by atoms with Crippen LogP contribution in [0.3, 0.4) is 0 Å². The van der Waals surface area contributed by atoms with E-state index < -0.39 is 6.36 Å². The molecule has 0 saturated heterocycles. The van der Waals surface area contributed by atoms with E-state index in [1.54, 1.807) is 12.1 Å². The smallest absolute Gasteiger partial charge is 0.406 e. The number of aliphatic imine (C=N–C) groups is 1. The minimum Gasteiger partial charge on any atom is -0.406 e. The Bertz CT molecular complexity index is 789. The Morgan fingerprint density at radius 1 is 1.08 bits per heavy atom. The minimum atomic E-state index is -4.70. The maximum Gasteiger partial charge on any atom is 0.573 e. The van der Waals surface area contributed by atoms with E-state index in [-0.39, 0.29) is 5.75 Å². The summed E-state index contributed by atoms with van der Waals surface area (Å²) in [5.41, 5.74) is 2.53. The van der Waals surface area contributed by atoms with E-state index in [0.29, 0.717) is 16.6 Å². The molecule has 0 atom stereocenters. The molecule has 1 heterocycles. The molecule has 1 aliphatic heterocycles. The van der Waals surface area contributed by atoms with Gasteiger partial charge in [0.2, 0.25) is 0 Å². The van der Waals surface area contributed by atoms with Crippen LogP contribution in [0.25, 0.3) is 0 Å². The molecule has 2 aromatic rings. The lowest BCUT2D eigenvalue weighted by molar-refractivity contribution is -0.274. The SMILES string of the molecule is CN1N=C(c2ccccc2)CSC1=Nc1ccc(OC(F)(F)F)cc1. The predicted molar refractivity (Wildman–Crippen MR) is 93.4 cm³/mol. The number of rotatable bonds is 3. The van der Waals surface area contributed by atoms with Crippen molar-refractivity contribution in [2.24, 2.45) is 10.1 Å². The number of alkyl halides is 3. The third kappa shape index (κ3) is 4.76. The first-order valence-corrected chi connectivity index (χ1v) is 8.33. The van der Waals surface area contributed by atoms with E-state index >= 15 is 0 Å². The van der Waals surface area contributed by atoms with Gasteiger partial charge in [0.25, 0.3) is 0 Å². The van der Waals surface area contributed by atoms with Gasteiger partial charge in [0.15, 0.2) is 5.17 Å². The summed E-state index contributed by atoms with van der Waals surface area (Å²) in [6, 6.07) is 15.3. The Balaban J connectivity index is 1.73. The highest BCUT2D eigenvalue weighted by Gasteiger charge is 2.31. The number of benzene rings is 2. The van der Waals surface area contributed by atoms with E-state index in [1.165, 1.54) is 36.0 Å². The lowest BCUT2D eigenvalue weighted by Crippen LogP contribution is -2.27. The topological polar surface area (TPSA) is 37.2 Å². The Morgan fingerprint density at radius 3 is 2.36 bits per heavy atom. The first kappa shape index (κ1) is 17.3. The predicted octanol–water partition coefficient (Wildman–Crippen LogP) is 4.66. The highest BCUT2D eigenvalue weighted by Crippen LogP contribution is 2.27. The average molecular weight is 365 g/mol. The fourth-order valence-electron chi connectivity index (χ4n) is 2.19. The molecule has 1 aliphatic rings. The number of hydrogen-bond acceptors (Lipinski definition) is 4. The van der Waals surface area contributed by atoms with Crippen molar-refractivity contribution >= 4 is 28.3 Å². The summed E-state index contributed by atoms with van der Waals surface area (Å²) in [5, 5.41) is 6.85. The number of ether oxygens (including phenoxy) is 1. The number of halogens is 3. The summed E-state index contributed by atoms with van der Waals surface area (Å²) in [6.45, 7) is 0. The van der Waals surface area contributed by atoms with Crippen LogP contribution in [-0.2, 0) is 0 Å². The Hall–Kier alpha value is -2.48. The number of hydrazone groups is 1. The fourth-order valence-corrected chi connectivity index (χ4v) is 3.08. The molecule has 3 rings (SSSR count). The van der Waals surface area contributed by atoms with Crippen molar-refractivity contribution in [1.82, 2.24) is 5.01 Å². The van der Waals surface area contributed by atoms with E-state index in [2.05, 4.69) is 14.8 Å². The lowest BCUT2D eigenvalue weighted by atomic mass is 10.1. The number of hydrogen-bond donors (Lipinski definition) is 0. The Morgan fingerprint density at radius 2 is 1.76 bits per heavy atom. The van der Waals surface area contributed by atoms with Crippen LogP contribution in [0.4, 0.5) is 18.9 Å². The van der Waals surface area contributed by atoms with Gasteiger partial charge in [-0.05, 0) is 29.8 Å². The second-order valence-corrected chi connectivity index (χ2v) is 6.10. The van der Waals surface area contributed by atoms with E-state index in [1.807, 2.05) is 30.3 Å². The molecule has 0 aromatic heterocycles. The van der Waals surface area contributed by atoms with Gasteiger partial charge in [-0.2, -0.15) is 5.10 Å². The highest BCUT2D eigenvalue weighted by molar-refractivity contribution is 8.14. The van der Waals surface area contributed by atoms with Crippen LogP contribution < -0.4 is 4.74 Å².